The number of amides is 1. The lowest BCUT2D eigenvalue weighted by atomic mass is 9.78. The summed E-state index contributed by atoms with van der Waals surface area (Å²) in [5.41, 5.74) is 0.405. The summed E-state index contributed by atoms with van der Waals surface area (Å²) >= 11 is 0. The Balaban J connectivity index is 1.74. The van der Waals surface area contributed by atoms with Crippen molar-refractivity contribution in [1.29, 1.82) is 0 Å². The molecule has 1 amide bonds. The van der Waals surface area contributed by atoms with E-state index in [1.165, 1.54) is 31.3 Å². The molecule has 3 rings (SSSR count). The number of hydrogen-bond acceptors (Lipinski definition) is 5. The first-order valence-corrected chi connectivity index (χ1v) is 9.04. The maximum absolute atomic E-state index is 12.5. The SMILES string of the molecule is CNS(=O)(=O)c1ccc(NC(=O)[C@@H]2[C@@H](C(=O)O)[C@H]3CC[C@@H]2O3)cc1. The molecule has 0 saturated carbocycles. The van der Waals surface area contributed by atoms with Crippen LogP contribution in [0.4, 0.5) is 5.69 Å². The third-order valence-electron chi connectivity index (χ3n) is 4.56. The predicted octanol–water partition coefficient (Wildman–Crippen LogP) is 0.411. The van der Waals surface area contributed by atoms with Crippen LogP contribution in [0.5, 0.6) is 0 Å². The fourth-order valence-electron chi connectivity index (χ4n) is 3.39. The van der Waals surface area contributed by atoms with E-state index in [2.05, 4.69) is 10.0 Å². The average molecular weight is 354 g/mol. The van der Waals surface area contributed by atoms with E-state index in [0.29, 0.717) is 18.5 Å². The molecule has 1 aromatic carbocycles. The Hall–Kier alpha value is -1.97. The van der Waals surface area contributed by atoms with Crippen molar-refractivity contribution >= 4 is 27.6 Å². The number of nitrogens with one attached hydrogen (secondary N) is 2. The van der Waals surface area contributed by atoms with Gasteiger partial charge in [0.15, 0.2) is 0 Å². The second kappa shape index (κ2) is 6.15. The zero-order valence-corrected chi connectivity index (χ0v) is 13.7. The van der Waals surface area contributed by atoms with Gasteiger partial charge in [0.05, 0.1) is 28.9 Å². The Morgan fingerprint density at radius 3 is 2.25 bits per heavy atom. The molecule has 4 atom stereocenters. The van der Waals surface area contributed by atoms with Crippen LogP contribution in [-0.2, 0) is 24.3 Å². The summed E-state index contributed by atoms with van der Waals surface area (Å²) in [6, 6.07) is 5.67. The number of sulfonamides is 1. The molecule has 0 radical (unpaired) electrons. The number of carbonyl (C=O) groups excluding carboxylic acids is 1. The maximum Gasteiger partial charge on any atom is 0.310 e. The van der Waals surface area contributed by atoms with Crippen molar-refractivity contribution in [3.05, 3.63) is 24.3 Å². The van der Waals surface area contributed by atoms with Crippen LogP contribution in [0.25, 0.3) is 0 Å². The topological polar surface area (TPSA) is 122 Å². The molecule has 0 aliphatic carbocycles. The molecule has 2 aliphatic rings. The van der Waals surface area contributed by atoms with Crippen LogP contribution in [0, 0.1) is 11.8 Å². The van der Waals surface area contributed by atoms with Crippen molar-refractivity contribution in [1.82, 2.24) is 4.72 Å². The van der Waals surface area contributed by atoms with Crippen molar-refractivity contribution in [2.75, 3.05) is 12.4 Å². The summed E-state index contributed by atoms with van der Waals surface area (Å²) in [7, 11) is -2.23. The van der Waals surface area contributed by atoms with Crippen LogP contribution in [0.1, 0.15) is 12.8 Å². The van der Waals surface area contributed by atoms with Gasteiger partial charge in [0.2, 0.25) is 15.9 Å². The number of aliphatic carboxylic acids is 1. The summed E-state index contributed by atoms with van der Waals surface area (Å²) < 4.78 is 31.1. The molecule has 24 heavy (non-hydrogen) atoms. The fraction of sp³-hybridized carbons (Fsp3) is 0.467. The second-order valence-corrected chi connectivity index (χ2v) is 7.79. The standard InChI is InChI=1S/C15H18N2O6S/c1-16-24(21,22)9-4-2-8(3-5-9)17-14(18)12-10-6-7-11(23-10)13(12)15(19)20/h2-5,10-13,16H,6-7H2,1H3,(H,17,18)(H,19,20)/t10-,11+,12-,13-/m0/s1. The van der Waals surface area contributed by atoms with Crippen LogP contribution in [-0.4, -0.2) is 44.7 Å². The van der Waals surface area contributed by atoms with Gasteiger partial charge in [-0.3, -0.25) is 9.59 Å². The van der Waals surface area contributed by atoms with Gasteiger partial charge in [-0.1, -0.05) is 0 Å². The fourth-order valence-corrected chi connectivity index (χ4v) is 4.12. The summed E-state index contributed by atoms with van der Waals surface area (Å²) in [5.74, 6) is -3.02. The Morgan fingerprint density at radius 2 is 1.71 bits per heavy atom. The van der Waals surface area contributed by atoms with Gasteiger partial charge in [0.25, 0.3) is 0 Å². The van der Waals surface area contributed by atoms with Gasteiger partial charge in [0.1, 0.15) is 0 Å². The first-order valence-electron chi connectivity index (χ1n) is 7.56. The first kappa shape index (κ1) is 16.9. The Labute approximate surface area is 139 Å². The van der Waals surface area contributed by atoms with E-state index < -0.39 is 39.8 Å². The highest BCUT2D eigenvalue weighted by Gasteiger charge is 2.55. The molecule has 0 unspecified atom stereocenters. The molecule has 2 fully saturated rings. The molecule has 0 aromatic heterocycles. The van der Waals surface area contributed by atoms with Crippen molar-refractivity contribution in [2.24, 2.45) is 11.8 Å². The van der Waals surface area contributed by atoms with Crippen molar-refractivity contribution in [3.8, 4) is 0 Å². The molecule has 9 heteroatoms. The summed E-state index contributed by atoms with van der Waals surface area (Å²) in [6.45, 7) is 0. The number of rotatable bonds is 5. The molecular weight excluding hydrogens is 336 g/mol. The highest BCUT2D eigenvalue weighted by atomic mass is 32.2. The largest absolute Gasteiger partial charge is 0.481 e. The summed E-state index contributed by atoms with van der Waals surface area (Å²) in [6.07, 6.45) is 0.542. The molecule has 2 aliphatic heterocycles. The number of carboxylic acid groups (broad SMARTS) is 1. The summed E-state index contributed by atoms with van der Waals surface area (Å²) in [5, 5.41) is 12.0. The van der Waals surface area contributed by atoms with Gasteiger partial charge in [-0.05, 0) is 44.2 Å². The smallest absolute Gasteiger partial charge is 0.310 e. The molecule has 8 nitrogen and oxygen atoms in total. The van der Waals surface area contributed by atoms with E-state index in [1.807, 2.05) is 0 Å². The molecule has 1 aromatic rings. The van der Waals surface area contributed by atoms with Gasteiger partial charge in [-0.25, -0.2) is 13.1 Å². The highest BCUT2D eigenvalue weighted by molar-refractivity contribution is 7.89. The van der Waals surface area contributed by atoms with Crippen LogP contribution in [0.3, 0.4) is 0 Å². The van der Waals surface area contributed by atoms with Crippen molar-refractivity contribution < 1.29 is 27.9 Å². The van der Waals surface area contributed by atoms with E-state index in [4.69, 9.17) is 4.74 Å². The molecule has 2 heterocycles. The average Bonchev–Trinajstić information content (AvgIpc) is 3.16. The van der Waals surface area contributed by atoms with E-state index in [-0.39, 0.29) is 11.0 Å². The zero-order chi connectivity index (χ0) is 17.5. The van der Waals surface area contributed by atoms with E-state index in [9.17, 15) is 23.1 Å². The molecular formula is C15H18N2O6S. The Kier molecular flexibility index (Phi) is 4.33. The number of fused-ring (bicyclic) bond motifs is 2. The first-order chi connectivity index (χ1) is 11.3. The van der Waals surface area contributed by atoms with Crippen LogP contribution < -0.4 is 10.0 Å². The van der Waals surface area contributed by atoms with Gasteiger partial charge < -0.3 is 15.2 Å². The minimum atomic E-state index is -3.55. The maximum atomic E-state index is 12.5. The van der Waals surface area contributed by atoms with E-state index in [0.717, 1.165) is 0 Å². The Morgan fingerprint density at radius 1 is 1.12 bits per heavy atom. The number of hydrogen-bond donors (Lipinski definition) is 3. The van der Waals surface area contributed by atoms with Crippen LogP contribution in [0.15, 0.2) is 29.2 Å². The second-order valence-electron chi connectivity index (χ2n) is 5.90. The molecule has 130 valence electrons. The zero-order valence-electron chi connectivity index (χ0n) is 12.9. The van der Waals surface area contributed by atoms with Gasteiger partial charge in [-0.2, -0.15) is 0 Å². The number of anilines is 1. The molecule has 2 bridgehead atoms. The lowest BCUT2D eigenvalue weighted by Crippen LogP contribution is -2.40. The van der Waals surface area contributed by atoms with Gasteiger partial charge in [0, 0.05) is 5.69 Å². The third-order valence-corrected chi connectivity index (χ3v) is 5.99. The van der Waals surface area contributed by atoms with E-state index in [1.54, 1.807) is 0 Å². The van der Waals surface area contributed by atoms with Crippen molar-refractivity contribution in [2.45, 2.75) is 29.9 Å². The van der Waals surface area contributed by atoms with E-state index >= 15 is 0 Å². The number of ether oxygens (including phenoxy) is 1. The van der Waals surface area contributed by atoms with Gasteiger partial charge >= 0.3 is 5.97 Å². The van der Waals surface area contributed by atoms with Crippen molar-refractivity contribution in [3.63, 3.8) is 0 Å². The number of carboxylic acids is 1. The quantitative estimate of drug-likeness (QED) is 0.704. The number of carbonyl (C=O) groups is 2. The Bertz CT molecular complexity index is 761. The van der Waals surface area contributed by atoms with Crippen LogP contribution >= 0.6 is 0 Å². The minimum absolute atomic E-state index is 0.0784. The lowest BCUT2D eigenvalue weighted by molar-refractivity contribution is -0.147. The number of benzene rings is 1. The third kappa shape index (κ3) is 2.90. The highest BCUT2D eigenvalue weighted by Crippen LogP contribution is 2.44. The monoisotopic (exact) mass is 354 g/mol. The normalized spacial score (nSPS) is 28.7. The molecule has 0 spiro atoms. The van der Waals surface area contributed by atoms with Gasteiger partial charge in [-0.15, -0.1) is 0 Å². The molecule has 3 N–H and O–H groups in total. The van der Waals surface area contributed by atoms with Crippen LogP contribution in [0.2, 0.25) is 0 Å². The predicted molar refractivity (Wildman–Crippen MR) is 83.8 cm³/mol. The lowest BCUT2D eigenvalue weighted by Gasteiger charge is -2.23. The minimum Gasteiger partial charge on any atom is -0.481 e. The molecule has 2 saturated heterocycles. The summed E-state index contributed by atoms with van der Waals surface area (Å²) in [4.78, 5) is 24.0.